The van der Waals surface area contributed by atoms with E-state index in [4.69, 9.17) is 17.0 Å². The standard InChI is InChI=1S/C22H25ClN4OS/c1-3-18(26-15(2)14-25-22(28)19-10-11-20(23)29-19)16-6-8-17(9-7-16)21(24)27-12-4-5-13-27/h3,6-11,24H,4-5,12-14H2,1-2H3,(H,25,28)/b18-3-,24-21?,26-15?. The molecule has 1 aliphatic rings. The van der Waals surface area contributed by atoms with Crippen molar-refractivity contribution in [1.29, 1.82) is 5.41 Å². The molecule has 2 aromatic rings. The third-order valence-electron chi connectivity index (χ3n) is 4.76. The first-order valence-electron chi connectivity index (χ1n) is 9.66. The summed E-state index contributed by atoms with van der Waals surface area (Å²) in [7, 11) is 0. The van der Waals surface area contributed by atoms with E-state index in [-0.39, 0.29) is 5.91 Å². The molecule has 5 nitrogen and oxygen atoms in total. The highest BCUT2D eigenvalue weighted by molar-refractivity contribution is 7.18. The maximum absolute atomic E-state index is 12.1. The molecule has 152 valence electrons. The zero-order valence-electron chi connectivity index (χ0n) is 16.7. The molecule has 0 atom stereocenters. The lowest BCUT2D eigenvalue weighted by Gasteiger charge is -2.18. The summed E-state index contributed by atoms with van der Waals surface area (Å²) in [6.07, 6.45) is 4.27. The van der Waals surface area contributed by atoms with Crippen molar-refractivity contribution in [2.24, 2.45) is 4.99 Å². The molecular formula is C22H25ClN4OS. The molecule has 0 spiro atoms. The van der Waals surface area contributed by atoms with Gasteiger partial charge in [0.2, 0.25) is 0 Å². The summed E-state index contributed by atoms with van der Waals surface area (Å²) in [5.74, 6) is 0.440. The lowest BCUT2D eigenvalue weighted by Crippen LogP contribution is -2.27. The number of allylic oxidation sites excluding steroid dienone is 1. The van der Waals surface area contributed by atoms with Gasteiger partial charge in [-0.2, -0.15) is 0 Å². The molecule has 2 heterocycles. The number of hydrogen-bond donors (Lipinski definition) is 2. The lowest BCUT2D eigenvalue weighted by atomic mass is 10.1. The van der Waals surface area contributed by atoms with Crippen LogP contribution in [0.5, 0.6) is 0 Å². The van der Waals surface area contributed by atoms with Crippen molar-refractivity contribution in [2.75, 3.05) is 19.6 Å². The van der Waals surface area contributed by atoms with E-state index in [0.717, 1.165) is 48.5 Å². The summed E-state index contributed by atoms with van der Waals surface area (Å²) >= 11 is 7.14. The number of likely N-dealkylation sites (tertiary alicyclic amines) is 1. The summed E-state index contributed by atoms with van der Waals surface area (Å²) in [4.78, 5) is 19.5. The molecule has 1 saturated heterocycles. The number of amides is 1. The molecule has 2 N–H and O–H groups in total. The highest BCUT2D eigenvalue weighted by Crippen LogP contribution is 2.21. The average molecular weight is 429 g/mol. The van der Waals surface area contributed by atoms with Gasteiger partial charge in [-0.25, -0.2) is 0 Å². The van der Waals surface area contributed by atoms with E-state index in [0.29, 0.717) is 21.6 Å². The van der Waals surface area contributed by atoms with Crippen LogP contribution < -0.4 is 5.32 Å². The zero-order valence-corrected chi connectivity index (χ0v) is 18.2. The highest BCUT2D eigenvalue weighted by Gasteiger charge is 2.16. The van der Waals surface area contributed by atoms with Gasteiger partial charge in [0, 0.05) is 24.4 Å². The van der Waals surface area contributed by atoms with Crippen LogP contribution in [0, 0.1) is 5.41 Å². The van der Waals surface area contributed by atoms with Crippen LogP contribution in [0.2, 0.25) is 4.34 Å². The Labute approximate surface area is 180 Å². The quantitative estimate of drug-likeness (QED) is 0.498. The second-order valence-corrected chi connectivity index (χ2v) is 8.64. The lowest BCUT2D eigenvalue weighted by molar-refractivity contribution is 0.0963. The van der Waals surface area contributed by atoms with E-state index in [2.05, 4.69) is 15.2 Å². The fourth-order valence-electron chi connectivity index (χ4n) is 3.19. The Morgan fingerprint density at radius 3 is 2.45 bits per heavy atom. The number of carbonyl (C=O) groups excluding carboxylic acids is 1. The van der Waals surface area contributed by atoms with Crippen LogP contribution in [0.25, 0.3) is 5.70 Å². The molecule has 1 aromatic carbocycles. The van der Waals surface area contributed by atoms with Crippen molar-refractivity contribution < 1.29 is 4.79 Å². The van der Waals surface area contributed by atoms with Gasteiger partial charge in [-0.3, -0.25) is 15.2 Å². The number of amidine groups is 1. The minimum absolute atomic E-state index is 0.150. The monoisotopic (exact) mass is 428 g/mol. The number of rotatable bonds is 6. The molecule has 0 bridgehead atoms. The molecule has 0 aliphatic carbocycles. The van der Waals surface area contributed by atoms with Crippen LogP contribution in [0.3, 0.4) is 0 Å². The van der Waals surface area contributed by atoms with Crippen molar-refractivity contribution in [1.82, 2.24) is 10.2 Å². The highest BCUT2D eigenvalue weighted by atomic mass is 35.5. The van der Waals surface area contributed by atoms with Crippen LogP contribution in [0.15, 0.2) is 47.5 Å². The predicted molar refractivity (Wildman–Crippen MR) is 122 cm³/mol. The Hall–Kier alpha value is -2.44. The number of nitrogens with zero attached hydrogens (tertiary/aromatic N) is 2. The third kappa shape index (κ3) is 5.55. The second-order valence-electron chi connectivity index (χ2n) is 6.93. The topological polar surface area (TPSA) is 68.5 Å². The molecule has 7 heteroatoms. The number of hydrogen-bond acceptors (Lipinski definition) is 4. The molecule has 1 amide bonds. The third-order valence-corrected chi connectivity index (χ3v) is 5.99. The predicted octanol–water partition coefficient (Wildman–Crippen LogP) is 5.07. The Bertz CT molecular complexity index is 940. The van der Waals surface area contributed by atoms with Gasteiger partial charge in [0.1, 0.15) is 5.84 Å². The van der Waals surface area contributed by atoms with Crippen molar-refractivity contribution in [2.45, 2.75) is 26.7 Å². The first kappa shape index (κ1) is 21.3. The van der Waals surface area contributed by atoms with E-state index in [9.17, 15) is 4.79 Å². The van der Waals surface area contributed by atoms with Gasteiger partial charge in [-0.05, 0) is 44.4 Å². The Morgan fingerprint density at radius 1 is 1.21 bits per heavy atom. The number of halogens is 1. The zero-order chi connectivity index (χ0) is 20.8. The van der Waals surface area contributed by atoms with E-state index in [1.165, 1.54) is 11.3 Å². The van der Waals surface area contributed by atoms with Crippen molar-refractivity contribution in [3.63, 3.8) is 0 Å². The SMILES string of the molecule is C/C=C(\N=C(C)CNC(=O)c1ccc(Cl)s1)c1ccc(C(=N)N2CCCC2)cc1. The largest absolute Gasteiger partial charge is 0.357 e. The van der Waals surface area contributed by atoms with Gasteiger partial charge >= 0.3 is 0 Å². The Morgan fingerprint density at radius 2 is 1.86 bits per heavy atom. The van der Waals surface area contributed by atoms with E-state index >= 15 is 0 Å². The fraction of sp³-hybridized carbons (Fsp3) is 0.318. The van der Waals surface area contributed by atoms with E-state index in [1.807, 2.05) is 44.2 Å². The van der Waals surface area contributed by atoms with Gasteiger partial charge in [0.15, 0.2) is 0 Å². The van der Waals surface area contributed by atoms with Gasteiger partial charge in [-0.1, -0.05) is 41.9 Å². The number of carbonyl (C=O) groups is 1. The Balaban J connectivity index is 1.62. The van der Waals surface area contributed by atoms with E-state index in [1.54, 1.807) is 12.1 Å². The minimum Gasteiger partial charge on any atom is -0.357 e. The van der Waals surface area contributed by atoms with Crippen LogP contribution in [-0.4, -0.2) is 42.0 Å². The molecule has 1 aromatic heterocycles. The average Bonchev–Trinajstić information content (AvgIpc) is 3.42. The minimum atomic E-state index is -0.150. The van der Waals surface area contributed by atoms with Crippen molar-refractivity contribution in [3.8, 4) is 0 Å². The summed E-state index contributed by atoms with van der Waals surface area (Å²) < 4.78 is 0.595. The summed E-state index contributed by atoms with van der Waals surface area (Å²) in [6, 6.07) is 11.4. The molecular weight excluding hydrogens is 404 g/mol. The number of thiophene rings is 1. The van der Waals surface area contributed by atoms with Gasteiger partial charge in [0.05, 0.1) is 21.5 Å². The molecule has 1 aliphatic heterocycles. The smallest absolute Gasteiger partial charge is 0.261 e. The maximum Gasteiger partial charge on any atom is 0.261 e. The van der Waals surface area contributed by atoms with Crippen LogP contribution >= 0.6 is 22.9 Å². The number of aliphatic imine (C=N–C) groups is 1. The summed E-state index contributed by atoms with van der Waals surface area (Å²) in [6.45, 7) is 6.13. The van der Waals surface area contributed by atoms with Crippen molar-refractivity contribution in [3.05, 3.63) is 62.8 Å². The van der Waals surface area contributed by atoms with Crippen molar-refractivity contribution >= 4 is 46.1 Å². The Kier molecular flexibility index (Phi) is 7.23. The fourth-order valence-corrected chi connectivity index (χ4v) is 4.15. The van der Waals surface area contributed by atoms with Crippen LogP contribution in [-0.2, 0) is 0 Å². The number of benzene rings is 1. The molecule has 1 fully saturated rings. The normalized spacial score (nSPS) is 14.9. The maximum atomic E-state index is 12.1. The molecule has 29 heavy (non-hydrogen) atoms. The van der Waals surface area contributed by atoms with Gasteiger partial charge in [-0.15, -0.1) is 11.3 Å². The van der Waals surface area contributed by atoms with Crippen LogP contribution in [0.1, 0.15) is 47.5 Å². The molecule has 0 saturated carbocycles. The number of nitrogens with one attached hydrogen (secondary N) is 2. The van der Waals surface area contributed by atoms with E-state index < -0.39 is 0 Å². The van der Waals surface area contributed by atoms with Gasteiger partial charge < -0.3 is 10.2 Å². The summed E-state index contributed by atoms with van der Waals surface area (Å²) in [5.41, 5.74) is 3.56. The first-order valence-corrected chi connectivity index (χ1v) is 10.9. The van der Waals surface area contributed by atoms with Crippen LogP contribution in [0.4, 0.5) is 0 Å². The second kappa shape index (κ2) is 9.85. The summed E-state index contributed by atoms with van der Waals surface area (Å²) in [5, 5.41) is 11.2. The molecule has 0 unspecified atom stereocenters. The first-order chi connectivity index (χ1) is 14.0. The molecule has 3 rings (SSSR count). The molecule has 0 radical (unpaired) electrons. The van der Waals surface area contributed by atoms with Gasteiger partial charge in [0.25, 0.3) is 5.91 Å².